The molecule has 0 aliphatic heterocycles. The molecule has 1 unspecified atom stereocenters. The fraction of sp³-hybridized carbons (Fsp3) is 0.241. The van der Waals surface area contributed by atoms with Gasteiger partial charge in [-0.25, -0.2) is 4.79 Å². The lowest BCUT2D eigenvalue weighted by molar-refractivity contribution is 0.0603. The van der Waals surface area contributed by atoms with Crippen molar-refractivity contribution in [2.24, 2.45) is 5.92 Å². The molecule has 1 heterocycles. The van der Waals surface area contributed by atoms with E-state index in [1.165, 1.54) is 12.7 Å². The maximum atomic E-state index is 13.3. The highest BCUT2D eigenvalue weighted by molar-refractivity contribution is 6.16. The summed E-state index contributed by atoms with van der Waals surface area (Å²) in [5.41, 5.74) is 6.61. The average molecular weight is 438 g/mol. The number of hydrogen-bond donors (Lipinski definition) is 0. The van der Waals surface area contributed by atoms with E-state index in [0.29, 0.717) is 30.0 Å². The molecule has 4 aromatic rings. The number of nitrogens with zero attached hydrogens (tertiary/aromatic N) is 1. The minimum Gasteiger partial charge on any atom is -0.465 e. The minimum atomic E-state index is -0.406. The molecule has 166 valence electrons. The maximum Gasteiger partial charge on any atom is 0.338 e. The first-order chi connectivity index (χ1) is 16.1. The first-order valence-corrected chi connectivity index (χ1v) is 11.5. The molecule has 0 bridgehead atoms. The van der Waals surface area contributed by atoms with E-state index in [1.807, 2.05) is 30.3 Å². The Labute approximate surface area is 193 Å². The zero-order chi connectivity index (χ0) is 22.9. The van der Waals surface area contributed by atoms with Gasteiger partial charge < -0.3 is 9.30 Å². The highest BCUT2D eigenvalue weighted by Crippen LogP contribution is 2.38. The van der Waals surface area contributed by atoms with Gasteiger partial charge in [-0.3, -0.25) is 4.79 Å². The van der Waals surface area contributed by atoms with Crippen molar-refractivity contribution in [2.75, 3.05) is 7.11 Å². The molecule has 1 aromatic heterocycles. The van der Waals surface area contributed by atoms with Crippen molar-refractivity contribution in [2.45, 2.75) is 32.7 Å². The van der Waals surface area contributed by atoms with Crippen LogP contribution in [0.15, 0.2) is 72.8 Å². The minimum absolute atomic E-state index is 0.126. The van der Waals surface area contributed by atoms with Gasteiger partial charge in [0.2, 0.25) is 0 Å². The van der Waals surface area contributed by atoms with Crippen molar-refractivity contribution in [3.05, 3.63) is 95.2 Å². The van der Waals surface area contributed by atoms with Crippen LogP contribution in [-0.4, -0.2) is 23.4 Å². The molecule has 0 spiro atoms. The summed E-state index contributed by atoms with van der Waals surface area (Å²) in [4.78, 5) is 25.8. The number of benzene rings is 3. The van der Waals surface area contributed by atoms with Gasteiger partial charge in [-0.2, -0.15) is 0 Å². The van der Waals surface area contributed by atoms with Crippen LogP contribution in [0, 0.1) is 5.92 Å². The van der Waals surface area contributed by atoms with Crippen molar-refractivity contribution >= 4 is 22.7 Å². The van der Waals surface area contributed by atoms with Gasteiger partial charge in [0.15, 0.2) is 5.78 Å². The summed E-state index contributed by atoms with van der Waals surface area (Å²) in [5, 5.41) is 0.734. The van der Waals surface area contributed by atoms with Gasteiger partial charge in [-0.05, 0) is 47.2 Å². The summed E-state index contributed by atoms with van der Waals surface area (Å²) in [6.07, 6.45) is 2.33. The van der Waals surface area contributed by atoms with E-state index in [-0.39, 0.29) is 5.78 Å². The third-order valence-electron chi connectivity index (χ3n) is 6.79. The number of methoxy groups -OCH3 is 1. The van der Waals surface area contributed by atoms with Gasteiger partial charge in [0.1, 0.15) is 0 Å². The summed E-state index contributed by atoms with van der Waals surface area (Å²) in [5.74, 6) is 0.0450. The number of hydrogen-bond acceptors (Lipinski definition) is 3. The first kappa shape index (κ1) is 21.2. The zero-order valence-electron chi connectivity index (χ0n) is 19.0. The number of carbonyl (C=O) groups is 2. The van der Waals surface area contributed by atoms with Crippen LogP contribution in [0.5, 0.6) is 0 Å². The topological polar surface area (TPSA) is 48.3 Å². The van der Waals surface area contributed by atoms with Crippen molar-refractivity contribution in [3.8, 4) is 11.1 Å². The quantitative estimate of drug-likeness (QED) is 0.344. The molecule has 4 heteroatoms. The second-order valence-electron chi connectivity index (χ2n) is 8.77. The van der Waals surface area contributed by atoms with E-state index >= 15 is 0 Å². The van der Waals surface area contributed by atoms with Crippen molar-refractivity contribution < 1.29 is 14.3 Å². The molecule has 4 nitrogen and oxygen atoms in total. The Morgan fingerprint density at radius 1 is 0.970 bits per heavy atom. The molecule has 0 saturated heterocycles. The number of esters is 1. The van der Waals surface area contributed by atoms with Crippen molar-refractivity contribution in [1.82, 2.24) is 4.57 Å². The summed E-state index contributed by atoms with van der Waals surface area (Å²) < 4.78 is 7.28. The second kappa shape index (κ2) is 8.70. The maximum absolute atomic E-state index is 13.3. The number of Topliss-reactive ketones (excluding diaryl/α,β-unsaturated/α-hetero) is 1. The molecule has 0 N–H and O–H groups in total. The smallest absolute Gasteiger partial charge is 0.338 e. The second-order valence-corrected chi connectivity index (χ2v) is 8.77. The number of fused-ring (bicyclic) bond motifs is 3. The molecule has 0 amide bonds. The molecule has 1 atom stereocenters. The van der Waals surface area contributed by atoms with Crippen LogP contribution in [0.3, 0.4) is 0 Å². The van der Waals surface area contributed by atoms with Crippen LogP contribution in [0.25, 0.3) is 22.0 Å². The van der Waals surface area contributed by atoms with E-state index in [0.717, 1.165) is 40.6 Å². The van der Waals surface area contributed by atoms with Crippen LogP contribution in [0.2, 0.25) is 0 Å². The van der Waals surface area contributed by atoms with Gasteiger partial charge in [0.05, 0.1) is 18.2 Å². The fourth-order valence-electron chi connectivity index (χ4n) is 5.09. The van der Waals surface area contributed by atoms with Gasteiger partial charge in [-0.1, -0.05) is 67.9 Å². The van der Waals surface area contributed by atoms with Gasteiger partial charge >= 0.3 is 5.97 Å². The lowest BCUT2D eigenvalue weighted by Crippen LogP contribution is -2.21. The first-order valence-electron chi connectivity index (χ1n) is 11.5. The monoisotopic (exact) mass is 437 g/mol. The molecule has 5 rings (SSSR count). The van der Waals surface area contributed by atoms with Crippen molar-refractivity contribution in [3.63, 3.8) is 0 Å². The molecule has 0 radical (unpaired) electrons. The van der Waals surface area contributed by atoms with E-state index < -0.39 is 5.97 Å². The van der Waals surface area contributed by atoms with Crippen LogP contribution in [-0.2, 0) is 17.7 Å². The summed E-state index contributed by atoms with van der Waals surface area (Å²) in [6.45, 7) is 2.78. The molecule has 1 aliphatic carbocycles. The van der Waals surface area contributed by atoms with Crippen LogP contribution >= 0.6 is 0 Å². The Morgan fingerprint density at radius 3 is 2.48 bits per heavy atom. The van der Waals surface area contributed by atoms with E-state index in [9.17, 15) is 9.59 Å². The summed E-state index contributed by atoms with van der Waals surface area (Å²) >= 11 is 0. The number of rotatable bonds is 5. The van der Waals surface area contributed by atoms with Crippen molar-refractivity contribution in [1.29, 1.82) is 0 Å². The number of ketones is 1. The molecular formula is C29H27NO3. The number of carbonyl (C=O) groups excluding carboxylic acids is 2. The third kappa shape index (κ3) is 3.76. The van der Waals surface area contributed by atoms with Crippen LogP contribution in [0.4, 0.5) is 0 Å². The molecule has 1 aliphatic rings. The normalized spacial score (nSPS) is 15.5. The highest BCUT2D eigenvalue weighted by Gasteiger charge is 2.32. The highest BCUT2D eigenvalue weighted by atomic mass is 16.5. The Balaban J connectivity index is 1.68. The van der Waals surface area contributed by atoms with Gasteiger partial charge in [0.25, 0.3) is 0 Å². The van der Waals surface area contributed by atoms with E-state index in [4.69, 9.17) is 4.74 Å². The lowest BCUT2D eigenvalue weighted by Gasteiger charge is -2.22. The SMILES string of the molecule is CCC1CC(=O)c2c(n(Cc3cccc(-c4ccccc4)c3)c3cccc(C(=O)OC)c23)C1. The predicted molar refractivity (Wildman–Crippen MR) is 131 cm³/mol. The summed E-state index contributed by atoms with van der Waals surface area (Å²) in [7, 11) is 1.38. The summed E-state index contributed by atoms with van der Waals surface area (Å²) in [6, 6.07) is 24.5. The Bertz CT molecular complexity index is 1350. The van der Waals surface area contributed by atoms with Crippen LogP contribution < -0.4 is 0 Å². The third-order valence-corrected chi connectivity index (χ3v) is 6.79. The van der Waals surface area contributed by atoms with E-state index in [2.05, 4.69) is 47.9 Å². The molecule has 33 heavy (non-hydrogen) atoms. The standard InChI is InChI=1S/C29H27NO3/c1-3-19-16-25-28(26(31)17-19)27-23(29(32)33-2)13-8-14-24(27)30(25)18-20-9-7-12-22(15-20)21-10-5-4-6-11-21/h4-15,19H,3,16-18H2,1-2H3. The van der Waals surface area contributed by atoms with Crippen LogP contribution in [0.1, 0.15) is 51.7 Å². The Kier molecular flexibility index (Phi) is 5.59. The Morgan fingerprint density at radius 2 is 1.73 bits per heavy atom. The lowest BCUT2D eigenvalue weighted by atomic mass is 9.84. The molecular weight excluding hydrogens is 410 g/mol. The predicted octanol–water partition coefficient (Wildman–Crippen LogP) is 6.30. The van der Waals surface area contributed by atoms with Gasteiger partial charge in [-0.15, -0.1) is 0 Å². The molecule has 0 fully saturated rings. The van der Waals surface area contributed by atoms with Gasteiger partial charge in [0, 0.05) is 29.6 Å². The molecule has 0 saturated carbocycles. The number of aromatic nitrogens is 1. The largest absolute Gasteiger partial charge is 0.465 e. The zero-order valence-corrected chi connectivity index (χ0v) is 19.0. The Hall–Kier alpha value is -3.66. The fourth-order valence-corrected chi connectivity index (χ4v) is 5.09. The van der Waals surface area contributed by atoms with E-state index in [1.54, 1.807) is 6.07 Å². The molecule has 3 aromatic carbocycles. The number of ether oxygens (including phenoxy) is 1. The average Bonchev–Trinajstić information content (AvgIpc) is 3.18.